The Balaban J connectivity index is 1.61. The van der Waals surface area contributed by atoms with Crippen molar-refractivity contribution in [3.8, 4) is 22.9 Å². The number of nitrogen functional groups attached to an aromatic ring is 2. The van der Waals surface area contributed by atoms with E-state index >= 15 is 0 Å². The molecule has 0 unspecified atom stereocenters. The summed E-state index contributed by atoms with van der Waals surface area (Å²) in [4.78, 5) is 0. The van der Waals surface area contributed by atoms with Gasteiger partial charge in [-0.25, -0.2) is 0 Å². The lowest BCUT2D eigenvalue weighted by Gasteiger charge is -2.03. The summed E-state index contributed by atoms with van der Waals surface area (Å²) in [5.41, 5.74) is 15.9. The number of aromatic nitrogens is 2. The molecule has 0 saturated heterocycles. The number of nitrogens with two attached hydrogens (primary N) is 2. The first kappa shape index (κ1) is 19.0. The second kappa shape index (κ2) is 9.21. The van der Waals surface area contributed by atoms with Crippen molar-refractivity contribution in [1.82, 2.24) is 10.2 Å². The number of nitrogens with zero attached hydrogens (tertiary/aromatic N) is 2. The molecule has 0 saturated carbocycles. The van der Waals surface area contributed by atoms with Crippen molar-refractivity contribution >= 4 is 11.4 Å². The van der Waals surface area contributed by atoms with Crippen LogP contribution in [0.1, 0.15) is 51.0 Å². The van der Waals surface area contributed by atoms with E-state index in [0.29, 0.717) is 28.7 Å². The maximum atomic E-state index is 5.99. The van der Waals surface area contributed by atoms with Gasteiger partial charge in [0, 0.05) is 16.9 Å². The van der Waals surface area contributed by atoms with Crippen molar-refractivity contribution in [2.45, 2.75) is 51.9 Å². The zero-order chi connectivity index (χ0) is 19.1. The fraction of sp³-hybridized carbons (Fsp3) is 0.364. The summed E-state index contributed by atoms with van der Waals surface area (Å²) in [6.07, 6.45) is 8.99. The normalized spacial score (nSPS) is 11.0. The lowest BCUT2D eigenvalue weighted by atomic mass is 10.0. The number of aryl methyl sites for hydroxylation is 1. The molecule has 0 aliphatic heterocycles. The van der Waals surface area contributed by atoms with Gasteiger partial charge in [-0.3, -0.25) is 0 Å². The van der Waals surface area contributed by atoms with E-state index in [2.05, 4.69) is 29.3 Å². The summed E-state index contributed by atoms with van der Waals surface area (Å²) in [7, 11) is 0. The van der Waals surface area contributed by atoms with Crippen molar-refractivity contribution in [3.63, 3.8) is 0 Å². The largest absolute Gasteiger partial charge is 0.416 e. The molecular weight excluding hydrogens is 336 g/mol. The molecule has 0 spiro atoms. The summed E-state index contributed by atoms with van der Waals surface area (Å²) in [6, 6.07) is 13.6. The Morgan fingerprint density at radius 1 is 0.815 bits per heavy atom. The summed E-state index contributed by atoms with van der Waals surface area (Å²) in [6.45, 7) is 2.25. The topological polar surface area (TPSA) is 91.0 Å². The first-order valence-corrected chi connectivity index (χ1v) is 9.75. The van der Waals surface area contributed by atoms with Crippen LogP contribution in [0.4, 0.5) is 11.4 Å². The van der Waals surface area contributed by atoms with Crippen molar-refractivity contribution in [2.75, 3.05) is 11.5 Å². The molecule has 5 heteroatoms. The van der Waals surface area contributed by atoms with Crippen LogP contribution in [0.5, 0.6) is 0 Å². The van der Waals surface area contributed by atoms with E-state index in [1.165, 1.54) is 44.1 Å². The van der Waals surface area contributed by atoms with Crippen LogP contribution in [0.3, 0.4) is 0 Å². The van der Waals surface area contributed by atoms with Crippen LogP contribution < -0.4 is 11.5 Å². The third-order valence-corrected chi connectivity index (χ3v) is 4.75. The standard InChI is InChI=1S/C22H28N4O/c1-2-3-4-5-6-7-8-16-9-11-17(12-10-16)21-25-26-22(27-21)19-15-18(23)13-14-20(19)24/h9-15H,2-8,23-24H2,1H3. The first-order chi connectivity index (χ1) is 13.2. The minimum Gasteiger partial charge on any atom is -0.416 e. The second-order valence-corrected chi connectivity index (χ2v) is 6.97. The minimum absolute atomic E-state index is 0.381. The summed E-state index contributed by atoms with van der Waals surface area (Å²) < 4.78 is 5.81. The van der Waals surface area contributed by atoms with Crippen molar-refractivity contribution in [3.05, 3.63) is 48.0 Å². The fourth-order valence-electron chi connectivity index (χ4n) is 3.13. The maximum Gasteiger partial charge on any atom is 0.250 e. The van der Waals surface area contributed by atoms with Gasteiger partial charge in [-0.05, 0) is 48.7 Å². The molecule has 0 aliphatic carbocycles. The summed E-state index contributed by atoms with van der Waals surface area (Å²) in [5, 5.41) is 8.27. The van der Waals surface area contributed by atoms with Gasteiger partial charge in [-0.1, -0.05) is 51.2 Å². The van der Waals surface area contributed by atoms with Crippen LogP contribution in [-0.2, 0) is 6.42 Å². The van der Waals surface area contributed by atoms with Crippen molar-refractivity contribution < 1.29 is 4.42 Å². The highest BCUT2D eigenvalue weighted by molar-refractivity contribution is 5.74. The molecule has 1 aromatic heterocycles. The van der Waals surface area contributed by atoms with Crippen molar-refractivity contribution in [2.24, 2.45) is 0 Å². The number of anilines is 2. The summed E-state index contributed by atoms with van der Waals surface area (Å²) in [5.74, 6) is 0.865. The van der Waals surface area contributed by atoms with Crippen molar-refractivity contribution in [1.29, 1.82) is 0 Å². The summed E-state index contributed by atoms with van der Waals surface area (Å²) >= 11 is 0. The number of benzene rings is 2. The van der Waals surface area contributed by atoms with Crippen LogP contribution in [0, 0.1) is 0 Å². The van der Waals surface area contributed by atoms with Crippen LogP contribution in [0.2, 0.25) is 0 Å². The van der Waals surface area contributed by atoms with Gasteiger partial charge in [0.1, 0.15) is 0 Å². The van der Waals surface area contributed by atoms with Gasteiger partial charge >= 0.3 is 0 Å². The molecule has 27 heavy (non-hydrogen) atoms. The van der Waals surface area contributed by atoms with E-state index in [0.717, 1.165) is 12.0 Å². The third kappa shape index (κ3) is 5.09. The van der Waals surface area contributed by atoms with E-state index in [4.69, 9.17) is 15.9 Å². The van der Waals surface area contributed by atoms with Gasteiger partial charge in [-0.15, -0.1) is 10.2 Å². The Kier molecular flexibility index (Phi) is 6.47. The smallest absolute Gasteiger partial charge is 0.250 e. The molecule has 142 valence electrons. The molecule has 3 aromatic rings. The van der Waals surface area contributed by atoms with E-state index in [-0.39, 0.29) is 0 Å². The Bertz CT molecular complexity index is 855. The van der Waals surface area contributed by atoms with Crippen LogP contribution in [0.25, 0.3) is 22.9 Å². The van der Waals surface area contributed by atoms with E-state index in [1.807, 2.05) is 12.1 Å². The van der Waals surface area contributed by atoms with E-state index in [9.17, 15) is 0 Å². The molecule has 0 atom stereocenters. The predicted octanol–water partition coefficient (Wildman–Crippen LogP) is 5.47. The minimum atomic E-state index is 0.381. The van der Waals surface area contributed by atoms with Gasteiger partial charge in [0.25, 0.3) is 0 Å². The Morgan fingerprint density at radius 3 is 2.30 bits per heavy atom. The highest BCUT2D eigenvalue weighted by Gasteiger charge is 2.13. The van der Waals surface area contributed by atoms with Gasteiger partial charge in [0.05, 0.1) is 5.56 Å². The quantitative estimate of drug-likeness (QED) is 0.388. The molecule has 0 radical (unpaired) electrons. The molecule has 0 amide bonds. The zero-order valence-corrected chi connectivity index (χ0v) is 15.9. The van der Waals surface area contributed by atoms with Gasteiger partial charge in [-0.2, -0.15) is 0 Å². The number of hydrogen-bond acceptors (Lipinski definition) is 5. The lowest BCUT2D eigenvalue weighted by Crippen LogP contribution is -1.93. The number of hydrogen-bond donors (Lipinski definition) is 2. The number of rotatable bonds is 9. The first-order valence-electron chi connectivity index (χ1n) is 9.75. The highest BCUT2D eigenvalue weighted by atomic mass is 16.4. The van der Waals surface area contributed by atoms with Crippen LogP contribution >= 0.6 is 0 Å². The average molecular weight is 364 g/mol. The third-order valence-electron chi connectivity index (χ3n) is 4.75. The molecule has 0 bridgehead atoms. The predicted molar refractivity (Wildman–Crippen MR) is 111 cm³/mol. The fourth-order valence-corrected chi connectivity index (χ4v) is 3.13. The van der Waals surface area contributed by atoms with Crippen LogP contribution in [-0.4, -0.2) is 10.2 Å². The monoisotopic (exact) mass is 364 g/mol. The second-order valence-electron chi connectivity index (χ2n) is 6.97. The molecule has 2 aromatic carbocycles. The van der Waals surface area contributed by atoms with Gasteiger partial charge in [0.2, 0.25) is 11.8 Å². The molecule has 0 aliphatic rings. The Labute approximate surface area is 160 Å². The van der Waals surface area contributed by atoms with E-state index in [1.54, 1.807) is 18.2 Å². The highest BCUT2D eigenvalue weighted by Crippen LogP contribution is 2.29. The molecule has 1 heterocycles. The SMILES string of the molecule is CCCCCCCCc1ccc(-c2nnc(-c3cc(N)ccc3N)o2)cc1. The maximum absolute atomic E-state index is 5.99. The van der Waals surface area contributed by atoms with Crippen LogP contribution in [0.15, 0.2) is 46.9 Å². The molecule has 0 fully saturated rings. The Morgan fingerprint density at radius 2 is 1.52 bits per heavy atom. The van der Waals surface area contributed by atoms with Gasteiger partial charge in [0.15, 0.2) is 0 Å². The molecule has 4 N–H and O–H groups in total. The zero-order valence-electron chi connectivity index (χ0n) is 15.9. The molecular formula is C22H28N4O. The average Bonchev–Trinajstić information content (AvgIpc) is 3.17. The van der Waals surface area contributed by atoms with Gasteiger partial charge < -0.3 is 15.9 Å². The van der Waals surface area contributed by atoms with E-state index < -0.39 is 0 Å². The molecule has 5 nitrogen and oxygen atoms in total. The molecule has 3 rings (SSSR count). The number of unbranched alkanes of at least 4 members (excludes halogenated alkanes) is 5. The lowest BCUT2D eigenvalue weighted by molar-refractivity contribution is 0.585. The Hall–Kier alpha value is -2.82.